The molecule has 1 aromatic rings. The summed E-state index contributed by atoms with van der Waals surface area (Å²) in [6.45, 7) is 2.83. The molecule has 7 nitrogen and oxygen atoms in total. The van der Waals surface area contributed by atoms with Gasteiger partial charge < -0.3 is 15.0 Å². The van der Waals surface area contributed by atoms with E-state index in [0.29, 0.717) is 19.6 Å². The minimum Gasteiger partial charge on any atom is -0.383 e. The van der Waals surface area contributed by atoms with Gasteiger partial charge in [-0.3, -0.25) is 0 Å². The molecule has 0 spiro atoms. The van der Waals surface area contributed by atoms with Crippen LogP contribution in [0.1, 0.15) is 12.5 Å². The molecule has 1 rings (SSSR count). The van der Waals surface area contributed by atoms with Crippen LogP contribution < -0.4 is 10.5 Å². The van der Waals surface area contributed by atoms with E-state index in [1.54, 1.807) is 31.2 Å². The van der Waals surface area contributed by atoms with Gasteiger partial charge >= 0.3 is 6.03 Å². The van der Waals surface area contributed by atoms with Crippen LogP contribution in [0.4, 0.5) is 4.79 Å². The number of carbonyl (C=O) groups is 1. The van der Waals surface area contributed by atoms with Gasteiger partial charge in [-0.15, -0.1) is 0 Å². The van der Waals surface area contributed by atoms with Crippen LogP contribution in [0.3, 0.4) is 0 Å². The largest absolute Gasteiger partial charge is 0.383 e. The van der Waals surface area contributed by atoms with Crippen LogP contribution in [0, 0.1) is 0 Å². The molecule has 0 saturated carbocycles. The molecule has 1 aromatic carbocycles. The highest BCUT2D eigenvalue weighted by Crippen LogP contribution is 2.09. The third-order valence-corrected chi connectivity index (χ3v) is 4.26. The van der Waals surface area contributed by atoms with Gasteiger partial charge in [-0.25, -0.2) is 18.4 Å². The Morgan fingerprint density at radius 1 is 1.36 bits per heavy atom. The highest BCUT2D eigenvalue weighted by molar-refractivity contribution is 7.89. The molecule has 0 aliphatic carbocycles. The summed E-state index contributed by atoms with van der Waals surface area (Å²) < 4.78 is 27.3. The molecule has 0 bridgehead atoms. The van der Waals surface area contributed by atoms with Gasteiger partial charge in [0.2, 0.25) is 10.0 Å². The van der Waals surface area contributed by atoms with Gasteiger partial charge in [0.1, 0.15) is 0 Å². The zero-order valence-corrected chi connectivity index (χ0v) is 13.9. The third-order valence-electron chi connectivity index (χ3n) is 3.33. The summed E-state index contributed by atoms with van der Waals surface area (Å²) in [6, 6.07) is 6.09. The lowest BCUT2D eigenvalue weighted by Crippen LogP contribution is -2.44. The normalized spacial score (nSPS) is 12.7. The smallest absolute Gasteiger partial charge is 0.317 e. The minimum absolute atomic E-state index is 0.0148. The van der Waals surface area contributed by atoms with Crippen LogP contribution in [-0.2, 0) is 21.2 Å². The molecule has 0 aliphatic heterocycles. The van der Waals surface area contributed by atoms with E-state index in [0.717, 1.165) is 5.56 Å². The Labute approximate surface area is 131 Å². The van der Waals surface area contributed by atoms with Crippen molar-refractivity contribution in [1.29, 1.82) is 0 Å². The Morgan fingerprint density at radius 2 is 1.95 bits per heavy atom. The summed E-state index contributed by atoms with van der Waals surface area (Å²) >= 11 is 0. The fraction of sp³-hybridized carbons (Fsp3) is 0.500. The number of hydrogen-bond acceptors (Lipinski definition) is 4. The lowest BCUT2D eigenvalue weighted by Gasteiger charge is -2.24. The fourth-order valence-electron chi connectivity index (χ4n) is 1.84. The molecule has 124 valence electrons. The topological polar surface area (TPSA) is 102 Å². The van der Waals surface area contributed by atoms with Gasteiger partial charge in [0.05, 0.1) is 17.5 Å². The van der Waals surface area contributed by atoms with Crippen molar-refractivity contribution >= 4 is 16.1 Å². The molecule has 3 N–H and O–H groups in total. The number of sulfonamides is 1. The number of ether oxygens (including phenoxy) is 1. The Balaban J connectivity index is 2.46. The number of nitrogens with one attached hydrogen (secondary N) is 1. The fourth-order valence-corrected chi connectivity index (χ4v) is 2.35. The van der Waals surface area contributed by atoms with Crippen LogP contribution in [0.5, 0.6) is 0 Å². The van der Waals surface area contributed by atoms with Gasteiger partial charge in [0.25, 0.3) is 0 Å². The molecule has 0 saturated heterocycles. The maximum atomic E-state index is 11.9. The summed E-state index contributed by atoms with van der Waals surface area (Å²) in [6.07, 6.45) is 0.600. The second-order valence-electron chi connectivity index (χ2n) is 5.09. The molecule has 0 aliphatic rings. The van der Waals surface area contributed by atoms with E-state index >= 15 is 0 Å². The zero-order valence-electron chi connectivity index (χ0n) is 13.1. The molecule has 0 fully saturated rings. The van der Waals surface area contributed by atoms with Crippen LogP contribution in [0.15, 0.2) is 29.2 Å². The molecule has 1 unspecified atom stereocenters. The van der Waals surface area contributed by atoms with Gasteiger partial charge in [0.15, 0.2) is 0 Å². The van der Waals surface area contributed by atoms with Crippen molar-refractivity contribution in [2.45, 2.75) is 24.3 Å². The van der Waals surface area contributed by atoms with Crippen LogP contribution >= 0.6 is 0 Å². The Hall–Kier alpha value is -1.64. The lowest BCUT2D eigenvalue weighted by atomic mass is 10.1. The maximum absolute atomic E-state index is 11.9. The molecular formula is C14H23N3O4S. The molecule has 0 aromatic heterocycles. The second-order valence-corrected chi connectivity index (χ2v) is 6.65. The standard InChI is InChI=1S/C14H23N3O4S/c1-11(10-21-3)17(2)14(18)16-9-8-12-4-6-13(7-5-12)22(15,19)20/h4-7,11H,8-10H2,1-3H3,(H,16,18)(H2,15,19,20). The van der Waals surface area contributed by atoms with E-state index in [1.165, 1.54) is 12.1 Å². The van der Waals surface area contributed by atoms with Crippen molar-refractivity contribution in [3.05, 3.63) is 29.8 Å². The first-order chi connectivity index (χ1) is 10.3. The number of methoxy groups -OCH3 is 1. The van der Waals surface area contributed by atoms with Crippen molar-refractivity contribution in [2.75, 3.05) is 27.3 Å². The van der Waals surface area contributed by atoms with Gasteiger partial charge in [-0.2, -0.15) is 0 Å². The SMILES string of the molecule is COCC(C)N(C)C(=O)NCCc1ccc(S(N)(=O)=O)cc1. The van der Waals surface area contributed by atoms with Gasteiger partial charge in [-0.1, -0.05) is 12.1 Å². The number of benzene rings is 1. The monoisotopic (exact) mass is 329 g/mol. The molecule has 22 heavy (non-hydrogen) atoms. The number of carbonyl (C=O) groups excluding carboxylic acids is 1. The summed E-state index contributed by atoms with van der Waals surface area (Å²) in [7, 11) is -0.369. The molecule has 1 atom stereocenters. The predicted octanol–water partition coefficient (Wildman–Crippen LogP) is 0.553. The average Bonchev–Trinajstić information content (AvgIpc) is 2.46. The number of urea groups is 1. The number of rotatable bonds is 7. The summed E-state index contributed by atoms with van der Waals surface area (Å²) in [5.74, 6) is 0. The number of primary sulfonamides is 1. The Morgan fingerprint density at radius 3 is 2.45 bits per heavy atom. The highest BCUT2D eigenvalue weighted by Gasteiger charge is 2.14. The lowest BCUT2D eigenvalue weighted by molar-refractivity contribution is 0.123. The average molecular weight is 329 g/mol. The van der Waals surface area contributed by atoms with Gasteiger partial charge in [-0.05, 0) is 31.0 Å². The van der Waals surface area contributed by atoms with Crippen molar-refractivity contribution in [3.63, 3.8) is 0 Å². The highest BCUT2D eigenvalue weighted by atomic mass is 32.2. The number of likely N-dealkylation sites (N-methyl/N-ethyl adjacent to an activating group) is 1. The van der Waals surface area contributed by atoms with Crippen molar-refractivity contribution in [2.24, 2.45) is 5.14 Å². The molecule has 0 radical (unpaired) electrons. The molecule has 2 amide bonds. The number of nitrogens with two attached hydrogens (primary N) is 1. The first kappa shape index (κ1) is 18.4. The van der Waals surface area contributed by atoms with Crippen molar-refractivity contribution < 1.29 is 17.9 Å². The number of nitrogens with zero attached hydrogens (tertiary/aromatic N) is 1. The summed E-state index contributed by atoms with van der Waals surface area (Å²) in [5.41, 5.74) is 0.917. The maximum Gasteiger partial charge on any atom is 0.317 e. The third kappa shape index (κ3) is 5.63. The molecule has 8 heteroatoms. The first-order valence-electron chi connectivity index (χ1n) is 6.87. The Kier molecular flexibility index (Phi) is 6.79. The molecule has 0 heterocycles. The van der Waals surface area contributed by atoms with Crippen LogP contribution in [0.25, 0.3) is 0 Å². The van der Waals surface area contributed by atoms with Crippen molar-refractivity contribution in [1.82, 2.24) is 10.2 Å². The van der Waals surface area contributed by atoms with Crippen LogP contribution in [-0.4, -0.2) is 52.7 Å². The summed E-state index contributed by atoms with van der Waals surface area (Å²) in [4.78, 5) is 13.6. The second kappa shape index (κ2) is 8.11. The summed E-state index contributed by atoms with van der Waals surface area (Å²) in [5, 5.41) is 7.84. The van der Waals surface area contributed by atoms with E-state index in [-0.39, 0.29) is 17.0 Å². The zero-order chi connectivity index (χ0) is 16.8. The predicted molar refractivity (Wildman–Crippen MR) is 84.0 cm³/mol. The quantitative estimate of drug-likeness (QED) is 0.763. The van der Waals surface area contributed by atoms with E-state index in [2.05, 4.69) is 5.32 Å². The minimum atomic E-state index is -3.67. The number of amides is 2. The van der Waals surface area contributed by atoms with E-state index in [1.807, 2.05) is 6.92 Å². The first-order valence-corrected chi connectivity index (χ1v) is 8.41. The van der Waals surface area contributed by atoms with Crippen molar-refractivity contribution in [3.8, 4) is 0 Å². The van der Waals surface area contributed by atoms with E-state index < -0.39 is 10.0 Å². The van der Waals surface area contributed by atoms with Gasteiger partial charge in [0, 0.05) is 20.7 Å². The van der Waals surface area contributed by atoms with E-state index in [9.17, 15) is 13.2 Å². The molecular weight excluding hydrogens is 306 g/mol. The van der Waals surface area contributed by atoms with Crippen LogP contribution in [0.2, 0.25) is 0 Å². The Bertz CT molecular complexity index is 587. The van der Waals surface area contributed by atoms with E-state index in [4.69, 9.17) is 9.88 Å². The number of hydrogen-bond donors (Lipinski definition) is 2.